The fourth-order valence-electron chi connectivity index (χ4n) is 12.1. The maximum Gasteiger partial charge on any atom is 0.409 e. The summed E-state index contributed by atoms with van der Waals surface area (Å²) in [6.45, 7) is 13.4. The number of aromatic amines is 1. The molecule has 0 aliphatic carbocycles. The maximum absolute atomic E-state index is 14.9. The first kappa shape index (κ1) is 88.6. The molecule has 36 nitrogen and oxygen atoms in total. The topological polar surface area (TPSA) is 568 Å². The predicted molar refractivity (Wildman–Crippen MR) is 397 cm³/mol. The molecular weight excluding hydrogens is 1410 g/mol. The van der Waals surface area contributed by atoms with Gasteiger partial charge in [-0.2, -0.15) is 0 Å². The van der Waals surface area contributed by atoms with E-state index in [0.717, 1.165) is 37.0 Å². The average Bonchev–Trinajstić information content (AvgIpc) is 1.61. The zero-order valence-corrected chi connectivity index (χ0v) is 62.4. The highest BCUT2D eigenvalue weighted by molar-refractivity contribution is 6.36. The van der Waals surface area contributed by atoms with E-state index < -0.39 is 169 Å². The number of aryl methyl sites for hydroxylation is 1. The lowest BCUT2D eigenvalue weighted by atomic mass is 10.00. The number of halogens is 1. The van der Waals surface area contributed by atoms with Gasteiger partial charge in [-0.3, -0.25) is 62.4 Å². The van der Waals surface area contributed by atoms with Crippen molar-refractivity contribution in [3.05, 3.63) is 88.0 Å². The number of amides is 13. The van der Waals surface area contributed by atoms with Crippen molar-refractivity contribution in [1.82, 2.24) is 73.7 Å². The first-order valence-electron chi connectivity index (χ1n) is 36.2. The number of nitrogens with zero attached hydrogens (tertiary/aromatic N) is 2. The summed E-state index contributed by atoms with van der Waals surface area (Å²) < 4.78 is 20.4. The standard InChI is InChI=1S/C71H109FN20O16/c1-9-91(10-2)31-30-79-67(103)56-38(5)52(80-39(56)6)35-45-44-34-43(72)16-17-55(44)92(70(45)106)36-108-71(107)88-50(22-28-77)64(100)90-58(41(8)94)69(105)85-48(20-26-75)60(96)84-51-23-29-78-68(104)57(40(7)93)89-63(99)49(21-27-76)82-59(95)46(18-24-73)83-65(101)53(32-37(3)4)86-66(102)54(33-42-14-12-11-13-15-42)87-61(97)47(19-25-74)81-62(51)98/h11-17,34-35,37,40-41,46-51,53-54,57-58,80,93-94H,9-10,18-33,36,73-77H2,1-8H3,(H,78,104)(H,79,103)(H,81,98)(H,82,95)(H,83,101)(H,84,96)(H,85,105)(H,86,102)(H,87,97)(H,88,107)(H,89,99)(H,90,100)/b45-35-/t40-,41-,46+,47+,48+,49+,50+,51+,53+,54-,57+,58+/m1/s1. The van der Waals surface area contributed by atoms with Gasteiger partial charge in [0.2, 0.25) is 59.1 Å². The lowest BCUT2D eigenvalue weighted by molar-refractivity contribution is -0.136. The summed E-state index contributed by atoms with van der Waals surface area (Å²) in [4.78, 5) is 190. The minimum Gasteiger partial charge on any atom is -0.428 e. The third-order valence-corrected chi connectivity index (χ3v) is 18.1. The van der Waals surface area contributed by atoms with Crippen molar-refractivity contribution in [2.45, 2.75) is 179 Å². The second kappa shape index (κ2) is 43.7. The summed E-state index contributed by atoms with van der Waals surface area (Å²) in [6.07, 6.45) is -5.16. The summed E-state index contributed by atoms with van der Waals surface area (Å²) in [6, 6.07) is -3.91. The molecule has 596 valence electrons. The van der Waals surface area contributed by atoms with Crippen LogP contribution in [0, 0.1) is 25.6 Å². The molecule has 1 saturated heterocycles. The molecule has 1 aromatic heterocycles. The first-order chi connectivity index (χ1) is 51.3. The second-order valence-electron chi connectivity index (χ2n) is 26.8. The lowest BCUT2D eigenvalue weighted by Crippen LogP contribution is -2.62. The Kier molecular flexibility index (Phi) is 35.9. The third kappa shape index (κ3) is 25.9. The average molecular weight is 1520 g/mol. The van der Waals surface area contributed by atoms with Crippen molar-refractivity contribution in [2.24, 2.45) is 34.6 Å². The molecule has 2 aliphatic rings. The SMILES string of the molecule is CCN(CC)CCNC(=O)c1c(C)[nH]c(/C=C2\C(=O)N(COC(=O)N[C@@H](CCN)C(=O)N[C@H](C(=O)N[C@@H](CCN)C(=O)N[C@H]3CCNC(=O)[C@H]([C@@H](C)O)NC(=O)[C@H](CCN)NC(=O)[C@H](CCN)NC(=O)[C@H](CC(C)C)NC(=O)[C@@H](Cc4ccccc4)NC(=O)[C@H](CCN)NC3=O)[C@@H](C)O)c3ccc(F)cc32)c1C. The number of carbonyl (C=O) groups is 13. The van der Waals surface area contributed by atoms with Gasteiger partial charge in [0.05, 0.1) is 29.0 Å². The number of aliphatic hydroxyl groups is 2. The zero-order valence-electron chi connectivity index (χ0n) is 62.4. The van der Waals surface area contributed by atoms with Crippen molar-refractivity contribution < 1.29 is 81.7 Å². The molecule has 25 N–H and O–H groups in total. The Labute approximate surface area is 626 Å². The summed E-state index contributed by atoms with van der Waals surface area (Å²) in [5.74, 6) is -12.1. The molecular formula is C71H109FN20O16. The number of alkyl carbamates (subject to hydrolysis) is 1. The number of carbonyl (C=O) groups excluding carboxylic acids is 13. The van der Waals surface area contributed by atoms with E-state index in [4.69, 9.17) is 33.4 Å². The lowest BCUT2D eigenvalue weighted by Gasteiger charge is -2.29. The molecule has 0 spiro atoms. The highest BCUT2D eigenvalue weighted by atomic mass is 19.1. The van der Waals surface area contributed by atoms with Crippen molar-refractivity contribution in [3.63, 3.8) is 0 Å². The van der Waals surface area contributed by atoms with Gasteiger partial charge in [-0.15, -0.1) is 0 Å². The van der Waals surface area contributed by atoms with E-state index in [2.05, 4.69) is 73.7 Å². The van der Waals surface area contributed by atoms with E-state index in [1.54, 1.807) is 58.0 Å². The number of H-pyrrole nitrogens is 1. The number of nitrogens with one attached hydrogen (secondary N) is 13. The number of rotatable bonds is 32. The van der Waals surface area contributed by atoms with Gasteiger partial charge in [-0.05, 0) is 160 Å². The van der Waals surface area contributed by atoms with Crippen molar-refractivity contribution in [1.29, 1.82) is 0 Å². The van der Waals surface area contributed by atoms with E-state index in [0.29, 0.717) is 41.2 Å². The van der Waals surface area contributed by atoms with Gasteiger partial charge in [-0.25, -0.2) is 9.18 Å². The molecule has 0 radical (unpaired) electrons. The van der Waals surface area contributed by atoms with Crippen LogP contribution in [0.25, 0.3) is 11.6 Å². The Morgan fingerprint density at radius 1 is 0.667 bits per heavy atom. The van der Waals surface area contributed by atoms with Crippen LogP contribution in [0.1, 0.15) is 125 Å². The van der Waals surface area contributed by atoms with Gasteiger partial charge in [-0.1, -0.05) is 58.0 Å². The van der Waals surface area contributed by atoms with Gasteiger partial charge in [0.15, 0.2) is 6.73 Å². The van der Waals surface area contributed by atoms with Crippen LogP contribution in [0.3, 0.4) is 0 Å². The molecule has 0 unspecified atom stereocenters. The molecule has 3 heterocycles. The Morgan fingerprint density at radius 3 is 1.77 bits per heavy atom. The van der Waals surface area contributed by atoms with E-state index in [1.807, 2.05) is 13.8 Å². The van der Waals surface area contributed by atoms with Crippen LogP contribution in [0.4, 0.5) is 14.9 Å². The fourth-order valence-corrected chi connectivity index (χ4v) is 12.1. The number of nitrogens with two attached hydrogens (primary N) is 5. The van der Waals surface area contributed by atoms with Crippen molar-refractivity contribution in [3.8, 4) is 0 Å². The Balaban J connectivity index is 1.39. The molecule has 2 aromatic carbocycles. The molecule has 5 rings (SSSR count). The highest BCUT2D eigenvalue weighted by Crippen LogP contribution is 2.39. The number of fused-ring (bicyclic) bond motifs is 1. The minimum absolute atomic E-state index is 0.0117. The smallest absolute Gasteiger partial charge is 0.409 e. The zero-order chi connectivity index (χ0) is 80.1. The van der Waals surface area contributed by atoms with Crippen LogP contribution in [0.5, 0.6) is 0 Å². The largest absolute Gasteiger partial charge is 0.428 e. The Hall–Kier alpha value is -10.0. The minimum atomic E-state index is -1.90. The molecule has 0 bridgehead atoms. The summed E-state index contributed by atoms with van der Waals surface area (Å²) in [5.41, 5.74) is 32.2. The summed E-state index contributed by atoms with van der Waals surface area (Å²) >= 11 is 0. The number of benzene rings is 2. The molecule has 1 fully saturated rings. The number of aromatic nitrogens is 1. The van der Waals surface area contributed by atoms with Crippen LogP contribution in [0.15, 0.2) is 48.5 Å². The van der Waals surface area contributed by atoms with Gasteiger partial charge >= 0.3 is 6.09 Å². The molecule has 108 heavy (non-hydrogen) atoms. The monoisotopic (exact) mass is 1520 g/mol. The van der Waals surface area contributed by atoms with E-state index in [1.165, 1.54) is 19.1 Å². The second-order valence-corrected chi connectivity index (χ2v) is 26.8. The van der Waals surface area contributed by atoms with Crippen LogP contribution in [-0.4, -0.2) is 242 Å². The van der Waals surface area contributed by atoms with Crippen molar-refractivity contribution >= 4 is 94.3 Å². The number of aliphatic hydroxyl groups excluding tert-OH is 2. The number of hydrogen-bond acceptors (Lipinski definition) is 22. The van der Waals surface area contributed by atoms with Gasteiger partial charge in [0.1, 0.15) is 66.2 Å². The maximum atomic E-state index is 14.9. The van der Waals surface area contributed by atoms with Crippen LogP contribution in [0.2, 0.25) is 0 Å². The van der Waals surface area contributed by atoms with Crippen LogP contribution in [-0.2, 0) is 63.9 Å². The normalized spacial score (nSPS) is 21.1. The van der Waals surface area contributed by atoms with Crippen molar-refractivity contribution in [2.75, 3.05) is 77.1 Å². The summed E-state index contributed by atoms with van der Waals surface area (Å²) in [7, 11) is 0. The number of ether oxygens (including phenoxy) is 1. The third-order valence-electron chi connectivity index (χ3n) is 18.1. The first-order valence-corrected chi connectivity index (χ1v) is 36.2. The number of likely N-dealkylation sites (N-methyl/N-ethyl adjacent to an activating group) is 1. The van der Waals surface area contributed by atoms with Crippen LogP contribution < -0.4 is 97.4 Å². The highest BCUT2D eigenvalue weighted by Gasteiger charge is 2.40. The van der Waals surface area contributed by atoms with Gasteiger partial charge in [0.25, 0.3) is 11.8 Å². The molecule has 13 amide bonds. The predicted octanol–water partition coefficient (Wildman–Crippen LogP) is -4.54. The Morgan fingerprint density at radius 2 is 1.21 bits per heavy atom. The Bertz CT molecular complexity index is 3650. The molecule has 37 heteroatoms. The van der Waals surface area contributed by atoms with Gasteiger partial charge in [0, 0.05) is 43.0 Å². The molecule has 12 atom stereocenters. The quantitative estimate of drug-likeness (QED) is 0.0262. The molecule has 2 aliphatic heterocycles. The number of hydrogen-bond donors (Lipinski definition) is 20. The molecule has 3 aromatic rings. The van der Waals surface area contributed by atoms with E-state index in [9.17, 15) is 76.9 Å². The van der Waals surface area contributed by atoms with Gasteiger partial charge < -0.3 is 117 Å². The number of anilines is 1. The van der Waals surface area contributed by atoms with E-state index >= 15 is 0 Å². The van der Waals surface area contributed by atoms with E-state index in [-0.39, 0.29) is 106 Å². The fraction of sp³-hybridized carbons (Fsp3) is 0.563. The molecule has 0 saturated carbocycles. The summed E-state index contributed by atoms with van der Waals surface area (Å²) in [5, 5.41) is 52.4. The van der Waals surface area contributed by atoms with Crippen LogP contribution >= 0.6 is 0 Å².